The average Bonchev–Trinajstić information content (AvgIpc) is 2.77. The zero-order valence-corrected chi connectivity index (χ0v) is 16.2. The Balaban J connectivity index is 1.62. The predicted octanol–water partition coefficient (Wildman–Crippen LogP) is 2.13. The first kappa shape index (κ1) is 19.4. The summed E-state index contributed by atoms with van der Waals surface area (Å²) in [5, 5.41) is 3.57. The molecule has 4 rings (SSSR count). The Kier molecular flexibility index (Phi) is 5.32. The van der Waals surface area contributed by atoms with E-state index in [2.05, 4.69) is 15.3 Å². The molecule has 8 heteroatoms. The molecule has 0 spiro atoms. The molecule has 30 heavy (non-hydrogen) atoms. The predicted molar refractivity (Wildman–Crippen MR) is 110 cm³/mol. The van der Waals surface area contributed by atoms with Gasteiger partial charge in [-0.3, -0.25) is 23.8 Å². The highest BCUT2D eigenvalue weighted by molar-refractivity contribution is 5.93. The number of methoxy groups -OCH3 is 1. The van der Waals surface area contributed by atoms with Gasteiger partial charge in [-0.05, 0) is 35.9 Å². The van der Waals surface area contributed by atoms with E-state index in [1.165, 1.54) is 16.7 Å². The van der Waals surface area contributed by atoms with Gasteiger partial charge in [0.15, 0.2) is 6.29 Å². The van der Waals surface area contributed by atoms with Crippen molar-refractivity contribution in [2.24, 2.45) is 0 Å². The average molecular weight is 402 g/mol. The number of hydrogen-bond acceptors (Lipinski definition) is 6. The SMILES string of the molecule is COCc1cc(CNC(=O)c2cc(=O)n3ccccc3n2)cc2cc(C=O)cnc12. The molecule has 0 saturated heterocycles. The highest BCUT2D eigenvalue weighted by Gasteiger charge is 2.12. The number of rotatable bonds is 6. The van der Waals surface area contributed by atoms with Gasteiger partial charge < -0.3 is 10.1 Å². The van der Waals surface area contributed by atoms with Gasteiger partial charge in [-0.15, -0.1) is 0 Å². The molecule has 0 fully saturated rings. The van der Waals surface area contributed by atoms with Crippen LogP contribution < -0.4 is 10.9 Å². The van der Waals surface area contributed by atoms with Crippen LogP contribution >= 0.6 is 0 Å². The van der Waals surface area contributed by atoms with Crippen molar-refractivity contribution in [2.75, 3.05) is 7.11 Å². The zero-order valence-electron chi connectivity index (χ0n) is 16.2. The van der Waals surface area contributed by atoms with E-state index in [1.54, 1.807) is 37.6 Å². The Bertz CT molecular complexity index is 1330. The van der Waals surface area contributed by atoms with Crippen LogP contribution in [-0.2, 0) is 17.9 Å². The number of carbonyl (C=O) groups is 2. The van der Waals surface area contributed by atoms with Gasteiger partial charge in [0, 0.05) is 48.6 Å². The molecule has 0 saturated carbocycles. The minimum Gasteiger partial charge on any atom is -0.380 e. The van der Waals surface area contributed by atoms with E-state index in [-0.39, 0.29) is 17.8 Å². The number of amides is 1. The largest absolute Gasteiger partial charge is 0.380 e. The fourth-order valence-electron chi connectivity index (χ4n) is 3.29. The van der Waals surface area contributed by atoms with E-state index in [1.807, 2.05) is 12.1 Å². The molecule has 3 heterocycles. The lowest BCUT2D eigenvalue weighted by Crippen LogP contribution is -2.27. The van der Waals surface area contributed by atoms with Crippen molar-refractivity contribution in [1.82, 2.24) is 19.7 Å². The molecule has 0 aliphatic heterocycles. The number of nitrogens with zero attached hydrogens (tertiary/aromatic N) is 3. The quantitative estimate of drug-likeness (QED) is 0.496. The molecule has 1 aromatic carbocycles. The summed E-state index contributed by atoms with van der Waals surface area (Å²) in [6.45, 7) is 0.557. The summed E-state index contributed by atoms with van der Waals surface area (Å²) in [6.07, 6.45) is 3.85. The van der Waals surface area contributed by atoms with Crippen LogP contribution in [0.1, 0.15) is 32.0 Å². The van der Waals surface area contributed by atoms with Crippen LogP contribution in [0.2, 0.25) is 0 Å². The normalized spacial score (nSPS) is 11.0. The van der Waals surface area contributed by atoms with Gasteiger partial charge in [0.1, 0.15) is 11.3 Å². The number of aromatic nitrogens is 3. The van der Waals surface area contributed by atoms with Gasteiger partial charge in [-0.25, -0.2) is 4.98 Å². The highest BCUT2D eigenvalue weighted by atomic mass is 16.5. The molecule has 0 aliphatic rings. The molecule has 1 N–H and O–H groups in total. The first-order valence-corrected chi connectivity index (χ1v) is 9.21. The van der Waals surface area contributed by atoms with Gasteiger partial charge in [-0.2, -0.15) is 0 Å². The Morgan fingerprint density at radius 3 is 2.90 bits per heavy atom. The number of aldehydes is 1. The molecular formula is C22H18N4O4. The standard InChI is InChI=1S/C22H18N4O4/c1-30-13-17-7-14(6-16-8-15(12-27)11-23-21(16)17)10-24-22(29)18-9-20(28)26-5-3-2-4-19(26)25-18/h2-9,11-12H,10,13H2,1H3,(H,24,29). The molecular weight excluding hydrogens is 384 g/mol. The van der Waals surface area contributed by atoms with Crippen molar-refractivity contribution in [2.45, 2.75) is 13.2 Å². The lowest BCUT2D eigenvalue weighted by atomic mass is 10.0. The molecule has 3 aromatic heterocycles. The Hall–Kier alpha value is -3.91. The van der Waals surface area contributed by atoms with Crippen molar-refractivity contribution < 1.29 is 14.3 Å². The summed E-state index contributed by atoms with van der Waals surface area (Å²) in [7, 11) is 1.59. The van der Waals surface area contributed by atoms with E-state index in [9.17, 15) is 14.4 Å². The molecule has 0 bridgehead atoms. The zero-order chi connectivity index (χ0) is 21.1. The van der Waals surface area contributed by atoms with Crippen LogP contribution in [0.15, 0.2) is 59.7 Å². The summed E-state index contributed by atoms with van der Waals surface area (Å²) < 4.78 is 6.62. The molecule has 0 radical (unpaired) electrons. The van der Waals surface area contributed by atoms with Crippen LogP contribution in [-0.4, -0.2) is 33.7 Å². The number of benzene rings is 1. The molecule has 1 amide bonds. The van der Waals surface area contributed by atoms with E-state index in [0.29, 0.717) is 17.8 Å². The van der Waals surface area contributed by atoms with E-state index < -0.39 is 5.91 Å². The van der Waals surface area contributed by atoms with Gasteiger partial charge in [0.05, 0.1) is 12.1 Å². The minimum atomic E-state index is -0.452. The van der Waals surface area contributed by atoms with Crippen molar-refractivity contribution in [3.8, 4) is 0 Å². The Morgan fingerprint density at radius 1 is 1.23 bits per heavy atom. The second-order valence-corrected chi connectivity index (χ2v) is 6.74. The van der Waals surface area contributed by atoms with Gasteiger partial charge >= 0.3 is 0 Å². The van der Waals surface area contributed by atoms with Crippen molar-refractivity contribution in [3.63, 3.8) is 0 Å². The number of fused-ring (bicyclic) bond motifs is 2. The number of carbonyl (C=O) groups excluding carboxylic acids is 2. The Labute approximate surface area is 171 Å². The van der Waals surface area contributed by atoms with Crippen LogP contribution in [0.5, 0.6) is 0 Å². The highest BCUT2D eigenvalue weighted by Crippen LogP contribution is 2.21. The minimum absolute atomic E-state index is 0.0500. The van der Waals surface area contributed by atoms with Gasteiger partial charge in [-0.1, -0.05) is 6.07 Å². The van der Waals surface area contributed by atoms with Gasteiger partial charge in [0.25, 0.3) is 11.5 Å². The number of hydrogen-bond donors (Lipinski definition) is 1. The number of pyridine rings is 2. The molecule has 8 nitrogen and oxygen atoms in total. The van der Waals surface area contributed by atoms with Crippen LogP contribution in [0, 0.1) is 0 Å². The molecule has 4 aromatic rings. The maximum atomic E-state index is 12.6. The second-order valence-electron chi connectivity index (χ2n) is 6.74. The van der Waals surface area contributed by atoms with Crippen molar-refractivity contribution in [1.29, 1.82) is 0 Å². The maximum absolute atomic E-state index is 12.6. The van der Waals surface area contributed by atoms with Crippen molar-refractivity contribution in [3.05, 3.63) is 87.6 Å². The number of nitrogens with one attached hydrogen (secondary N) is 1. The first-order valence-electron chi connectivity index (χ1n) is 9.21. The Morgan fingerprint density at radius 2 is 2.10 bits per heavy atom. The summed E-state index contributed by atoms with van der Waals surface area (Å²) in [4.78, 5) is 44.5. The van der Waals surface area contributed by atoms with E-state index in [0.717, 1.165) is 28.3 Å². The second kappa shape index (κ2) is 8.22. The van der Waals surface area contributed by atoms with Crippen LogP contribution in [0.25, 0.3) is 16.6 Å². The summed E-state index contributed by atoms with van der Waals surface area (Å²) >= 11 is 0. The van der Waals surface area contributed by atoms with Crippen molar-refractivity contribution >= 4 is 28.7 Å². The van der Waals surface area contributed by atoms with Gasteiger partial charge in [0.2, 0.25) is 0 Å². The fourth-order valence-corrected chi connectivity index (χ4v) is 3.29. The summed E-state index contributed by atoms with van der Waals surface area (Å²) in [6, 6.07) is 11.8. The number of ether oxygens (including phenoxy) is 1. The van der Waals surface area contributed by atoms with E-state index >= 15 is 0 Å². The topological polar surface area (TPSA) is 103 Å². The third kappa shape index (κ3) is 3.81. The molecule has 0 atom stereocenters. The monoisotopic (exact) mass is 402 g/mol. The smallest absolute Gasteiger partial charge is 0.270 e. The lowest BCUT2D eigenvalue weighted by Gasteiger charge is -2.11. The first-order chi connectivity index (χ1) is 14.6. The fraction of sp³-hybridized carbons (Fsp3) is 0.136. The maximum Gasteiger partial charge on any atom is 0.270 e. The van der Waals surface area contributed by atoms with E-state index in [4.69, 9.17) is 4.74 Å². The van der Waals surface area contributed by atoms with Crippen LogP contribution in [0.3, 0.4) is 0 Å². The summed E-state index contributed by atoms with van der Waals surface area (Å²) in [5.74, 6) is -0.452. The summed E-state index contributed by atoms with van der Waals surface area (Å²) in [5.41, 5.74) is 2.98. The third-order valence-corrected chi connectivity index (χ3v) is 4.64. The molecule has 150 valence electrons. The van der Waals surface area contributed by atoms with Crippen LogP contribution in [0.4, 0.5) is 0 Å². The lowest BCUT2D eigenvalue weighted by molar-refractivity contribution is 0.0945. The third-order valence-electron chi connectivity index (χ3n) is 4.64. The molecule has 0 aliphatic carbocycles. The molecule has 0 unspecified atom stereocenters.